The molecule has 1 aliphatic heterocycles. The van der Waals surface area contributed by atoms with Gasteiger partial charge in [-0.2, -0.15) is 10.0 Å². The quantitative estimate of drug-likeness (QED) is 0.579. The fraction of sp³-hybridized carbons (Fsp3) is 0.619. The van der Waals surface area contributed by atoms with Gasteiger partial charge in [0.05, 0.1) is 5.92 Å². The Labute approximate surface area is 160 Å². The lowest BCUT2D eigenvalue weighted by molar-refractivity contribution is -0.160. The fourth-order valence-electron chi connectivity index (χ4n) is 2.89. The molecule has 144 valence electrons. The summed E-state index contributed by atoms with van der Waals surface area (Å²) in [5.41, 5.74) is 1.69. The number of esters is 1. The van der Waals surface area contributed by atoms with Crippen LogP contribution in [0.3, 0.4) is 0 Å². The van der Waals surface area contributed by atoms with E-state index >= 15 is 0 Å². The van der Waals surface area contributed by atoms with E-state index in [9.17, 15) is 4.79 Å². The third-order valence-corrected chi connectivity index (χ3v) is 4.80. The molecule has 1 saturated heterocycles. The minimum absolute atomic E-state index is 0.00863. The van der Waals surface area contributed by atoms with E-state index in [1.54, 1.807) is 0 Å². The van der Waals surface area contributed by atoms with Crippen LogP contribution in [0.2, 0.25) is 0 Å². The molecule has 1 aliphatic rings. The number of aromatic nitrogens is 1. The van der Waals surface area contributed by atoms with Crippen LogP contribution in [0.1, 0.15) is 44.7 Å². The average molecular weight is 377 g/mol. The molecular formula is C21H32N2O2S. The smallest absolute Gasteiger partial charge is 0.309 e. The van der Waals surface area contributed by atoms with E-state index in [4.69, 9.17) is 4.74 Å². The molecule has 5 heteroatoms. The van der Waals surface area contributed by atoms with Gasteiger partial charge in [0.15, 0.2) is 0 Å². The number of hydrogen-bond donors (Lipinski definition) is 0. The van der Waals surface area contributed by atoms with Crippen LogP contribution in [0.15, 0.2) is 12.3 Å². The Morgan fingerprint density at radius 1 is 1.27 bits per heavy atom. The van der Waals surface area contributed by atoms with Crippen molar-refractivity contribution >= 4 is 21.8 Å². The van der Waals surface area contributed by atoms with E-state index < -0.39 is 15.6 Å². The Morgan fingerprint density at radius 2 is 1.88 bits per heavy atom. The molecule has 1 aromatic rings. The van der Waals surface area contributed by atoms with Gasteiger partial charge in [0.25, 0.3) is 0 Å². The number of ether oxygens (including phenoxy) is 1. The number of carbonyl (C=O) groups excluding carboxylic acids is 1. The van der Waals surface area contributed by atoms with Crippen molar-refractivity contribution in [3.05, 3.63) is 23.4 Å². The van der Waals surface area contributed by atoms with Crippen molar-refractivity contribution in [2.24, 2.45) is 5.92 Å². The maximum atomic E-state index is 12.3. The molecule has 0 atom stereocenters. The second-order valence-corrected chi connectivity index (χ2v) is 12.6. The molecule has 0 N–H and O–H groups in total. The van der Waals surface area contributed by atoms with E-state index in [2.05, 4.69) is 52.8 Å². The van der Waals surface area contributed by atoms with E-state index in [0.717, 1.165) is 42.9 Å². The second kappa shape index (κ2) is 7.92. The van der Waals surface area contributed by atoms with Gasteiger partial charge in [-0.1, -0.05) is 5.92 Å². The second-order valence-electron chi connectivity index (χ2n) is 8.72. The topological polar surface area (TPSA) is 42.4 Å². The van der Waals surface area contributed by atoms with Crippen LogP contribution in [0.25, 0.3) is 0 Å². The van der Waals surface area contributed by atoms with Crippen molar-refractivity contribution in [3.63, 3.8) is 0 Å². The zero-order valence-electron chi connectivity index (χ0n) is 17.2. The van der Waals surface area contributed by atoms with Crippen LogP contribution < -0.4 is 4.90 Å². The van der Waals surface area contributed by atoms with Gasteiger partial charge in [-0.3, -0.25) is 4.79 Å². The molecule has 0 aliphatic carbocycles. The molecule has 2 rings (SSSR count). The Hall–Kier alpha value is -1.67. The predicted octanol–water partition coefficient (Wildman–Crippen LogP) is 3.95. The predicted molar refractivity (Wildman–Crippen MR) is 112 cm³/mol. The Balaban J connectivity index is 2.01. The molecule has 0 aromatic carbocycles. The molecule has 0 bridgehead atoms. The van der Waals surface area contributed by atoms with Gasteiger partial charge in [-0.05, 0) is 76.2 Å². The summed E-state index contributed by atoms with van der Waals surface area (Å²) in [4.78, 5) is 19.2. The number of hydrogen-bond acceptors (Lipinski definition) is 4. The SMILES string of the molecule is Cc1cc(C#CS(C)(C)C)cnc1N1CCC(C(=O)OC(C)(C)C)CC1. The minimum Gasteiger partial charge on any atom is -0.460 e. The number of rotatable bonds is 2. The first kappa shape index (κ1) is 20.6. The highest BCUT2D eigenvalue weighted by Gasteiger charge is 2.29. The molecule has 1 aromatic heterocycles. The third-order valence-electron chi connectivity index (χ3n) is 4.09. The van der Waals surface area contributed by atoms with Gasteiger partial charge >= 0.3 is 5.97 Å². The van der Waals surface area contributed by atoms with Crippen LogP contribution in [-0.4, -0.2) is 48.4 Å². The van der Waals surface area contributed by atoms with Gasteiger partial charge in [0, 0.05) is 24.8 Å². The molecule has 0 saturated carbocycles. The van der Waals surface area contributed by atoms with Gasteiger partial charge < -0.3 is 9.64 Å². The Bertz CT molecular complexity index is 712. The Kier molecular flexibility index (Phi) is 6.29. The summed E-state index contributed by atoms with van der Waals surface area (Å²) >= 11 is 0. The summed E-state index contributed by atoms with van der Waals surface area (Å²) in [6, 6.07) is 2.11. The van der Waals surface area contributed by atoms with Gasteiger partial charge in [0.2, 0.25) is 0 Å². The van der Waals surface area contributed by atoms with Gasteiger partial charge in [-0.25, -0.2) is 4.98 Å². The molecule has 0 spiro atoms. The zero-order valence-corrected chi connectivity index (χ0v) is 18.0. The van der Waals surface area contributed by atoms with Crippen LogP contribution in [0.4, 0.5) is 5.82 Å². The van der Waals surface area contributed by atoms with Crippen LogP contribution >= 0.6 is 10.0 Å². The molecule has 1 fully saturated rings. The normalized spacial score (nSPS) is 16.7. The third kappa shape index (κ3) is 6.25. The average Bonchev–Trinajstić information content (AvgIpc) is 2.51. The minimum atomic E-state index is -0.836. The van der Waals surface area contributed by atoms with Crippen molar-refractivity contribution in [3.8, 4) is 11.2 Å². The maximum Gasteiger partial charge on any atom is 0.309 e. The first-order valence-corrected chi connectivity index (χ1v) is 12.0. The summed E-state index contributed by atoms with van der Waals surface area (Å²) in [7, 11) is -0.836. The number of pyridine rings is 1. The van der Waals surface area contributed by atoms with Crippen molar-refractivity contribution in [2.45, 2.75) is 46.1 Å². The van der Waals surface area contributed by atoms with E-state index in [1.165, 1.54) is 0 Å². The number of carbonyl (C=O) groups is 1. The number of nitrogens with zero attached hydrogens (tertiary/aromatic N) is 2. The summed E-state index contributed by atoms with van der Waals surface area (Å²) in [5, 5.41) is 3.33. The number of piperidine rings is 1. The van der Waals surface area contributed by atoms with E-state index in [0.29, 0.717) is 0 Å². The van der Waals surface area contributed by atoms with Gasteiger partial charge in [0.1, 0.15) is 11.4 Å². The molecule has 4 nitrogen and oxygen atoms in total. The molecule has 2 heterocycles. The van der Waals surface area contributed by atoms with E-state index in [1.807, 2.05) is 27.0 Å². The lowest BCUT2D eigenvalue weighted by atomic mass is 9.96. The largest absolute Gasteiger partial charge is 0.460 e. The summed E-state index contributed by atoms with van der Waals surface area (Å²) in [6.07, 6.45) is 10.0. The van der Waals surface area contributed by atoms with Crippen LogP contribution in [-0.2, 0) is 9.53 Å². The lowest BCUT2D eigenvalue weighted by Gasteiger charge is -2.33. The first-order chi connectivity index (χ1) is 11.9. The van der Waals surface area contributed by atoms with Crippen LogP contribution in [0, 0.1) is 24.0 Å². The van der Waals surface area contributed by atoms with Crippen molar-refractivity contribution in [1.29, 1.82) is 0 Å². The van der Waals surface area contributed by atoms with Crippen LogP contribution in [0.5, 0.6) is 0 Å². The number of anilines is 1. The first-order valence-electron chi connectivity index (χ1n) is 9.10. The standard InChI is InChI=1S/C21H32N2O2S/c1-16-14-17(10-13-26(5,6)7)15-22-19(16)23-11-8-18(9-12-23)20(24)25-21(2,3)4/h14-15,18H,8-9,11-12H2,1-7H3. The van der Waals surface area contributed by atoms with E-state index in [-0.39, 0.29) is 11.9 Å². The highest BCUT2D eigenvalue weighted by molar-refractivity contribution is 8.35. The molecular weight excluding hydrogens is 344 g/mol. The number of aryl methyl sites for hydroxylation is 1. The highest BCUT2D eigenvalue weighted by Crippen LogP contribution is 2.32. The zero-order chi connectivity index (χ0) is 19.5. The summed E-state index contributed by atoms with van der Waals surface area (Å²) < 4.78 is 5.53. The van der Waals surface area contributed by atoms with Crippen molar-refractivity contribution in [1.82, 2.24) is 4.98 Å². The highest BCUT2D eigenvalue weighted by atomic mass is 32.3. The van der Waals surface area contributed by atoms with Gasteiger partial charge in [-0.15, -0.1) is 0 Å². The monoisotopic (exact) mass is 376 g/mol. The lowest BCUT2D eigenvalue weighted by Crippen LogP contribution is -2.39. The fourth-order valence-corrected chi connectivity index (χ4v) is 3.32. The van der Waals surface area contributed by atoms with Crippen molar-refractivity contribution in [2.75, 3.05) is 36.8 Å². The molecule has 26 heavy (non-hydrogen) atoms. The molecule has 0 amide bonds. The molecule has 0 radical (unpaired) electrons. The summed E-state index contributed by atoms with van der Waals surface area (Å²) in [5.74, 6) is 4.16. The summed E-state index contributed by atoms with van der Waals surface area (Å²) in [6.45, 7) is 9.48. The Morgan fingerprint density at radius 3 is 2.38 bits per heavy atom. The maximum absolute atomic E-state index is 12.3. The molecule has 0 unspecified atom stereocenters. The van der Waals surface area contributed by atoms with Crippen molar-refractivity contribution < 1.29 is 9.53 Å².